The maximum absolute atomic E-state index is 11.6. The molecule has 0 spiro atoms. The number of esters is 1. The van der Waals surface area contributed by atoms with Crippen LogP contribution in [0.5, 0.6) is 0 Å². The molecule has 0 atom stereocenters. The van der Waals surface area contributed by atoms with Gasteiger partial charge in [-0.1, -0.05) is 48.8 Å². The summed E-state index contributed by atoms with van der Waals surface area (Å²) in [6, 6.07) is 6.82. The number of pyridine rings is 1. The molecule has 0 bridgehead atoms. The Kier molecular flexibility index (Phi) is 11.9. The number of methoxy groups -OCH3 is 1. The average molecular weight is 536 g/mol. The molecule has 2 aromatic heterocycles. The Morgan fingerprint density at radius 2 is 1.79 bits per heavy atom. The fraction of sp³-hybridized carbons (Fsp3) is 0.250. The van der Waals surface area contributed by atoms with Crippen LogP contribution in [0.1, 0.15) is 37.2 Å². The number of nitrogens with zero attached hydrogens (tertiary/aromatic N) is 1. The first-order valence-corrected chi connectivity index (χ1v) is 9.86. The van der Waals surface area contributed by atoms with Crippen molar-refractivity contribution in [2.24, 2.45) is 0 Å². The summed E-state index contributed by atoms with van der Waals surface area (Å²) >= 11 is 12.2. The molecule has 0 aliphatic heterocycles. The molecule has 28 heavy (non-hydrogen) atoms. The predicted molar refractivity (Wildman–Crippen MR) is 121 cm³/mol. The van der Waals surface area contributed by atoms with Crippen LogP contribution in [0.2, 0.25) is 5.02 Å². The number of halogens is 3. The second-order valence-electron chi connectivity index (χ2n) is 4.93. The zero-order valence-corrected chi connectivity index (χ0v) is 19.1. The Balaban J connectivity index is 0.000000560. The van der Waals surface area contributed by atoms with Gasteiger partial charge in [0.25, 0.3) is 0 Å². The van der Waals surface area contributed by atoms with Gasteiger partial charge in [-0.15, -0.1) is 0 Å². The highest BCUT2D eigenvalue weighted by atomic mass is 79.9. The fourth-order valence-electron chi connectivity index (χ4n) is 1.93. The van der Waals surface area contributed by atoms with Gasteiger partial charge in [0.2, 0.25) is 0 Å². The summed E-state index contributed by atoms with van der Waals surface area (Å²) in [5.74, 6) is -0.711. The van der Waals surface area contributed by atoms with Gasteiger partial charge in [0.15, 0.2) is 5.58 Å². The molecule has 3 aromatic rings. The maximum atomic E-state index is 11.6. The third-order valence-corrected chi connectivity index (χ3v) is 4.25. The molecule has 0 saturated heterocycles. The standard InChI is InChI=1S/C11H6Br2O4.C6H6ClN.C2H6.CH4/c1-16-10(14)7-3-5-2-6(12)4-8(13)9(5)17-11(7)15;1-5-2-6(7)4-8-3-5;1-2;/h2-4H,1H3;2-4H,1H3;1-2H3;1H4. The number of rotatable bonds is 1. The lowest BCUT2D eigenvalue weighted by atomic mass is 10.2. The van der Waals surface area contributed by atoms with Gasteiger partial charge in [0.05, 0.1) is 16.6 Å². The van der Waals surface area contributed by atoms with Crippen molar-refractivity contribution in [1.29, 1.82) is 0 Å². The normalized spacial score (nSPS) is 9.25. The monoisotopic (exact) mass is 533 g/mol. The molecule has 0 N–H and O–H groups in total. The minimum Gasteiger partial charge on any atom is -0.465 e. The third kappa shape index (κ3) is 7.37. The Bertz CT molecular complexity index is 972. The van der Waals surface area contributed by atoms with Crippen molar-refractivity contribution in [3.63, 3.8) is 0 Å². The highest BCUT2D eigenvalue weighted by Crippen LogP contribution is 2.28. The van der Waals surface area contributed by atoms with E-state index in [9.17, 15) is 9.59 Å². The maximum Gasteiger partial charge on any atom is 0.351 e. The fourth-order valence-corrected chi connectivity index (χ4v) is 3.50. The van der Waals surface area contributed by atoms with Crippen LogP contribution in [0.3, 0.4) is 0 Å². The van der Waals surface area contributed by atoms with Gasteiger partial charge >= 0.3 is 11.6 Å². The van der Waals surface area contributed by atoms with Gasteiger partial charge in [0, 0.05) is 22.3 Å². The molecule has 2 heterocycles. The zero-order chi connectivity index (χ0) is 20.6. The van der Waals surface area contributed by atoms with E-state index in [2.05, 4.69) is 41.6 Å². The number of aromatic nitrogens is 1. The molecule has 8 heteroatoms. The average Bonchev–Trinajstić information content (AvgIpc) is 2.63. The first-order chi connectivity index (χ1) is 12.8. The van der Waals surface area contributed by atoms with Crippen molar-refractivity contribution in [1.82, 2.24) is 4.98 Å². The van der Waals surface area contributed by atoms with E-state index in [1.54, 1.807) is 24.5 Å². The number of fused-ring (bicyclic) bond motifs is 1. The Morgan fingerprint density at radius 1 is 1.14 bits per heavy atom. The molecule has 0 radical (unpaired) electrons. The van der Waals surface area contributed by atoms with Gasteiger partial charge in [-0.2, -0.15) is 0 Å². The van der Waals surface area contributed by atoms with Crippen LogP contribution in [0.4, 0.5) is 0 Å². The van der Waals surface area contributed by atoms with Crippen LogP contribution in [-0.2, 0) is 4.74 Å². The van der Waals surface area contributed by atoms with E-state index in [0.717, 1.165) is 10.0 Å². The Morgan fingerprint density at radius 3 is 2.29 bits per heavy atom. The minimum absolute atomic E-state index is 0. The van der Waals surface area contributed by atoms with Crippen molar-refractivity contribution in [2.75, 3.05) is 7.11 Å². The number of hydrogen-bond donors (Lipinski definition) is 0. The van der Waals surface area contributed by atoms with Gasteiger partial charge in [-0.25, -0.2) is 9.59 Å². The summed E-state index contributed by atoms with van der Waals surface area (Å²) in [6.07, 6.45) is 3.39. The topological polar surface area (TPSA) is 69.4 Å². The lowest BCUT2D eigenvalue weighted by Crippen LogP contribution is -2.14. The number of ether oxygens (including phenoxy) is 1. The first kappa shape index (κ1) is 26.3. The zero-order valence-electron chi connectivity index (χ0n) is 15.2. The summed E-state index contributed by atoms with van der Waals surface area (Å²) in [4.78, 5) is 26.8. The quantitative estimate of drug-likeness (QED) is 0.253. The summed E-state index contributed by atoms with van der Waals surface area (Å²) in [7, 11) is 1.21. The predicted octanol–water partition coefficient (Wildman–Crippen LogP) is 6.81. The molecule has 152 valence electrons. The molecule has 5 nitrogen and oxygen atoms in total. The molecule has 1 aromatic carbocycles. The van der Waals surface area contributed by atoms with E-state index in [0.29, 0.717) is 20.5 Å². The molecule has 0 amide bonds. The second kappa shape index (κ2) is 12.7. The molecule has 0 aliphatic carbocycles. The highest BCUT2D eigenvalue weighted by molar-refractivity contribution is 9.11. The van der Waals surface area contributed by atoms with Crippen molar-refractivity contribution >= 4 is 60.4 Å². The molecule has 0 aliphatic rings. The second-order valence-corrected chi connectivity index (χ2v) is 7.13. The lowest BCUT2D eigenvalue weighted by molar-refractivity contribution is 0.0596. The van der Waals surface area contributed by atoms with Crippen molar-refractivity contribution in [2.45, 2.75) is 28.2 Å². The number of aryl methyl sites for hydroxylation is 1. The Hall–Kier alpha value is -1.70. The summed E-state index contributed by atoms with van der Waals surface area (Å²) in [5, 5.41) is 1.33. The van der Waals surface area contributed by atoms with E-state index in [-0.39, 0.29) is 13.0 Å². The highest BCUT2D eigenvalue weighted by Gasteiger charge is 2.15. The number of hydrogen-bond acceptors (Lipinski definition) is 5. The van der Waals surface area contributed by atoms with Crippen LogP contribution in [0.25, 0.3) is 11.0 Å². The van der Waals surface area contributed by atoms with E-state index in [4.69, 9.17) is 16.0 Å². The third-order valence-electron chi connectivity index (χ3n) is 3.00. The largest absolute Gasteiger partial charge is 0.465 e. The summed E-state index contributed by atoms with van der Waals surface area (Å²) in [6.45, 7) is 5.96. The van der Waals surface area contributed by atoms with Gasteiger partial charge in [-0.05, 0) is 52.7 Å². The van der Waals surface area contributed by atoms with Crippen LogP contribution in [0.15, 0.2) is 54.8 Å². The molecular formula is C20H22Br2ClNO4. The first-order valence-electron chi connectivity index (χ1n) is 7.90. The molecule has 3 rings (SSSR count). The number of benzene rings is 1. The molecule has 0 unspecified atom stereocenters. The SMILES string of the molecule is C.CC.COC(=O)c1cc2cc(Br)cc(Br)c2oc1=O.Cc1cncc(Cl)c1. The van der Waals surface area contributed by atoms with Gasteiger partial charge < -0.3 is 9.15 Å². The van der Waals surface area contributed by atoms with E-state index in [1.807, 2.05) is 26.8 Å². The van der Waals surface area contributed by atoms with E-state index < -0.39 is 11.6 Å². The van der Waals surface area contributed by atoms with Gasteiger partial charge in [-0.3, -0.25) is 4.98 Å². The summed E-state index contributed by atoms with van der Waals surface area (Å²) < 4.78 is 11.0. The van der Waals surface area contributed by atoms with Crippen molar-refractivity contribution in [3.8, 4) is 0 Å². The minimum atomic E-state index is -0.715. The molecule has 0 fully saturated rings. The molecule has 0 saturated carbocycles. The van der Waals surface area contributed by atoms with Crippen LogP contribution in [0, 0.1) is 6.92 Å². The van der Waals surface area contributed by atoms with Crippen LogP contribution < -0.4 is 5.63 Å². The summed E-state index contributed by atoms with van der Waals surface area (Å²) in [5.41, 5.74) is 0.653. The lowest BCUT2D eigenvalue weighted by Gasteiger charge is -2.03. The van der Waals surface area contributed by atoms with Crippen molar-refractivity contribution in [3.05, 3.63) is 72.2 Å². The number of carbonyl (C=O) groups excluding carboxylic acids is 1. The smallest absolute Gasteiger partial charge is 0.351 e. The van der Waals surface area contributed by atoms with E-state index in [1.165, 1.54) is 13.2 Å². The van der Waals surface area contributed by atoms with Crippen molar-refractivity contribution < 1.29 is 13.9 Å². The van der Waals surface area contributed by atoms with Gasteiger partial charge in [0.1, 0.15) is 5.56 Å². The van der Waals surface area contributed by atoms with E-state index >= 15 is 0 Å². The Labute approximate surface area is 186 Å². The number of carbonyl (C=O) groups is 1. The molecular weight excluding hydrogens is 513 g/mol. The van der Waals surface area contributed by atoms with Crippen LogP contribution in [-0.4, -0.2) is 18.1 Å². The van der Waals surface area contributed by atoms with Crippen LogP contribution >= 0.6 is 43.5 Å².